The molecule has 2 aliphatic rings. The number of fused-ring (bicyclic) bond motifs is 1. The average molecular weight is 353 g/mol. The monoisotopic (exact) mass is 352 g/mol. The van der Waals surface area contributed by atoms with Crippen LogP contribution < -0.4 is 5.32 Å². The van der Waals surface area contributed by atoms with Gasteiger partial charge in [-0.2, -0.15) is 0 Å². The highest BCUT2D eigenvalue weighted by molar-refractivity contribution is 9.11. The molecule has 2 heterocycles. The fraction of sp³-hybridized carbons (Fsp3) is 0.286. The van der Waals surface area contributed by atoms with Gasteiger partial charge < -0.3 is 10.2 Å². The highest BCUT2D eigenvalue weighted by Gasteiger charge is 2.49. The number of amides is 2. The van der Waals surface area contributed by atoms with Crippen LogP contribution in [-0.2, 0) is 16.0 Å². The molecule has 0 unspecified atom stereocenters. The van der Waals surface area contributed by atoms with Crippen LogP contribution in [0, 0.1) is 0 Å². The van der Waals surface area contributed by atoms with Crippen LogP contribution in [0.15, 0.2) is 41.0 Å². The molecule has 0 aromatic heterocycles. The molecule has 0 radical (unpaired) electrons. The van der Waals surface area contributed by atoms with E-state index in [0.29, 0.717) is 6.42 Å². The largest absolute Gasteiger partial charge is 0.341 e. The molecule has 0 aliphatic carbocycles. The second-order valence-corrected chi connectivity index (χ2v) is 6.85. The first kappa shape index (κ1) is 13.7. The fourth-order valence-corrected chi connectivity index (χ4v) is 4.02. The smallest absolute Gasteiger partial charge is 0.253 e. The Morgan fingerprint density at radius 3 is 2.90 bits per heavy atom. The summed E-state index contributed by atoms with van der Waals surface area (Å²) in [6, 6.07) is 9.13. The van der Waals surface area contributed by atoms with Crippen LogP contribution in [0.1, 0.15) is 5.56 Å². The van der Waals surface area contributed by atoms with Gasteiger partial charge in [0.2, 0.25) is 5.91 Å². The first-order valence-corrected chi connectivity index (χ1v) is 8.12. The van der Waals surface area contributed by atoms with Gasteiger partial charge in [0.15, 0.2) is 0 Å². The number of hydrogen-bond donors (Lipinski definition) is 1. The van der Waals surface area contributed by atoms with Crippen LogP contribution in [-0.4, -0.2) is 33.9 Å². The normalized spacial score (nSPS) is 24.6. The lowest BCUT2D eigenvalue weighted by molar-refractivity contribution is -0.144. The predicted molar refractivity (Wildman–Crippen MR) is 82.2 cm³/mol. The zero-order chi connectivity index (χ0) is 14.1. The number of thioether (sulfide) groups is 1. The summed E-state index contributed by atoms with van der Waals surface area (Å²) < 4.78 is 1.00. The Morgan fingerprint density at radius 1 is 1.40 bits per heavy atom. The topological polar surface area (TPSA) is 49.4 Å². The summed E-state index contributed by atoms with van der Waals surface area (Å²) in [4.78, 5) is 25.6. The minimum absolute atomic E-state index is 0.0310. The molecule has 1 saturated heterocycles. The molecular formula is C14H13BrN2O2S. The van der Waals surface area contributed by atoms with E-state index in [2.05, 4.69) is 21.2 Å². The summed E-state index contributed by atoms with van der Waals surface area (Å²) in [5.41, 5.74) is 0.951. The lowest BCUT2D eigenvalue weighted by Gasteiger charge is -2.46. The third kappa shape index (κ3) is 2.62. The molecule has 3 rings (SSSR count). The van der Waals surface area contributed by atoms with Crippen LogP contribution in [0.25, 0.3) is 0 Å². The molecule has 1 fully saturated rings. The molecule has 6 heteroatoms. The lowest BCUT2D eigenvalue weighted by atomic mass is 10.1. The summed E-state index contributed by atoms with van der Waals surface area (Å²) in [6.45, 7) is 0. The number of rotatable bonds is 3. The van der Waals surface area contributed by atoms with Crippen molar-refractivity contribution in [2.45, 2.75) is 17.8 Å². The van der Waals surface area contributed by atoms with Gasteiger partial charge in [0.05, 0.1) is 6.42 Å². The number of hydrogen-bond acceptors (Lipinski definition) is 3. The Labute approximate surface area is 129 Å². The van der Waals surface area contributed by atoms with Crippen molar-refractivity contribution in [2.24, 2.45) is 0 Å². The summed E-state index contributed by atoms with van der Waals surface area (Å²) in [7, 11) is 0. The second kappa shape index (κ2) is 5.61. The van der Waals surface area contributed by atoms with E-state index in [4.69, 9.17) is 0 Å². The van der Waals surface area contributed by atoms with Crippen LogP contribution in [0.2, 0.25) is 0 Å². The number of benzene rings is 1. The van der Waals surface area contributed by atoms with Gasteiger partial charge >= 0.3 is 0 Å². The van der Waals surface area contributed by atoms with Crippen molar-refractivity contribution >= 4 is 39.5 Å². The minimum atomic E-state index is -0.395. The number of carbonyl (C=O) groups is 2. The molecule has 2 atom stereocenters. The van der Waals surface area contributed by atoms with Crippen molar-refractivity contribution < 1.29 is 9.59 Å². The minimum Gasteiger partial charge on any atom is -0.341 e. The summed E-state index contributed by atoms with van der Waals surface area (Å²) in [5.74, 6) is 0.684. The molecular weight excluding hydrogens is 340 g/mol. The molecule has 0 bridgehead atoms. The zero-order valence-corrected chi connectivity index (χ0v) is 13.0. The quantitative estimate of drug-likeness (QED) is 0.844. The molecule has 4 nitrogen and oxygen atoms in total. The van der Waals surface area contributed by atoms with E-state index in [0.717, 1.165) is 15.8 Å². The number of β-lactam (4-membered cyclic amide) rings is 1. The number of nitrogens with one attached hydrogen (secondary N) is 1. The standard InChI is InChI=1S/C14H13BrN2O2S/c15-10-7-17-13(19)12(14(17)20-8-10)16-11(18)6-9-4-2-1-3-5-9/h1-5,7,12,14H,6,8H2,(H,16,18)/t12-,14-/m1/s1. The van der Waals surface area contributed by atoms with Crippen LogP contribution in [0.3, 0.4) is 0 Å². The van der Waals surface area contributed by atoms with E-state index in [-0.39, 0.29) is 17.2 Å². The van der Waals surface area contributed by atoms with Crippen molar-refractivity contribution in [3.63, 3.8) is 0 Å². The Hall–Kier alpha value is -1.27. The average Bonchev–Trinajstić information content (AvgIpc) is 2.46. The third-order valence-corrected chi connectivity index (χ3v) is 5.45. The maximum atomic E-state index is 12.0. The van der Waals surface area contributed by atoms with Gasteiger partial charge in [0, 0.05) is 16.4 Å². The van der Waals surface area contributed by atoms with Gasteiger partial charge in [0.25, 0.3) is 5.91 Å². The summed E-state index contributed by atoms with van der Waals surface area (Å²) in [5, 5.41) is 2.86. The Balaban J connectivity index is 1.59. The van der Waals surface area contributed by atoms with E-state index in [1.165, 1.54) is 0 Å². The molecule has 2 amide bonds. The molecule has 2 aliphatic heterocycles. The lowest BCUT2D eigenvalue weighted by Crippen LogP contribution is -2.68. The number of halogens is 1. The third-order valence-electron chi connectivity index (χ3n) is 3.27. The molecule has 0 saturated carbocycles. The summed E-state index contributed by atoms with van der Waals surface area (Å²) in [6.07, 6.45) is 2.12. The number of nitrogens with zero attached hydrogens (tertiary/aromatic N) is 1. The van der Waals surface area contributed by atoms with Crippen molar-refractivity contribution in [1.29, 1.82) is 0 Å². The van der Waals surface area contributed by atoms with Gasteiger partial charge in [-0.25, -0.2) is 0 Å². The highest BCUT2D eigenvalue weighted by Crippen LogP contribution is 2.37. The van der Waals surface area contributed by atoms with Crippen molar-refractivity contribution in [3.8, 4) is 0 Å². The first-order chi connectivity index (χ1) is 9.65. The Morgan fingerprint density at radius 2 is 2.15 bits per heavy atom. The maximum absolute atomic E-state index is 12.0. The van der Waals surface area contributed by atoms with Crippen LogP contribution in [0.5, 0.6) is 0 Å². The fourth-order valence-electron chi connectivity index (χ4n) is 2.29. The first-order valence-electron chi connectivity index (χ1n) is 6.28. The molecule has 104 valence electrons. The van der Waals surface area contributed by atoms with Crippen molar-refractivity contribution in [3.05, 3.63) is 46.6 Å². The van der Waals surface area contributed by atoms with Crippen LogP contribution >= 0.6 is 27.7 Å². The summed E-state index contributed by atoms with van der Waals surface area (Å²) >= 11 is 5.05. The Kier molecular flexibility index (Phi) is 3.85. The van der Waals surface area contributed by atoms with Crippen LogP contribution in [0.4, 0.5) is 0 Å². The molecule has 1 aromatic carbocycles. The molecule has 0 spiro atoms. The second-order valence-electron chi connectivity index (χ2n) is 4.73. The highest BCUT2D eigenvalue weighted by atomic mass is 79.9. The van der Waals surface area contributed by atoms with Crippen molar-refractivity contribution in [2.75, 3.05) is 5.75 Å². The zero-order valence-electron chi connectivity index (χ0n) is 10.6. The van der Waals surface area contributed by atoms with Gasteiger partial charge in [-0.3, -0.25) is 9.59 Å². The van der Waals surface area contributed by atoms with Gasteiger partial charge in [-0.05, 0) is 5.56 Å². The van der Waals surface area contributed by atoms with Crippen molar-refractivity contribution in [1.82, 2.24) is 10.2 Å². The predicted octanol–water partition coefficient (Wildman–Crippen LogP) is 1.87. The van der Waals surface area contributed by atoms with Gasteiger partial charge in [-0.15, -0.1) is 11.8 Å². The van der Waals surface area contributed by atoms with Gasteiger partial charge in [-0.1, -0.05) is 46.3 Å². The molecule has 1 aromatic rings. The maximum Gasteiger partial charge on any atom is 0.253 e. The SMILES string of the molecule is O=C(Cc1ccccc1)N[C@@H]1C(=O)N2C=C(Br)CS[C@H]12. The van der Waals surface area contributed by atoms with E-state index in [9.17, 15) is 9.59 Å². The molecule has 1 N–H and O–H groups in total. The van der Waals surface area contributed by atoms with E-state index < -0.39 is 6.04 Å². The van der Waals surface area contributed by atoms with E-state index >= 15 is 0 Å². The van der Waals surface area contributed by atoms with E-state index in [1.807, 2.05) is 36.5 Å². The molecule has 20 heavy (non-hydrogen) atoms. The Bertz CT molecular complexity index is 576. The van der Waals surface area contributed by atoms with Gasteiger partial charge in [0.1, 0.15) is 11.4 Å². The number of carbonyl (C=O) groups excluding carboxylic acids is 2. The van der Waals surface area contributed by atoms with E-state index in [1.54, 1.807) is 16.7 Å².